The molecule has 8 heteroatoms. The van der Waals surface area contributed by atoms with E-state index in [0.29, 0.717) is 0 Å². The van der Waals surface area contributed by atoms with Crippen LogP contribution in [0.2, 0.25) is 10.0 Å². The first kappa shape index (κ1) is 15.2. The Hall–Kier alpha value is -2.18. The number of para-hydroxylation sites is 1. The van der Waals surface area contributed by atoms with Gasteiger partial charge in [0.2, 0.25) is 0 Å². The van der Waals surface area contributed by atoms with E-state index in [1.165, 1.54) is 24.3 Å². The lowest BCUT2D eigenvalue weighted by Crippen LogP contribution is -2.13. The van der Waals surface area contributed by atoms with Crippen molar-refractivity contribution >= 4 is 40.5 Å². The molecule has 108 valence electrons. The second-order valence-corrected chi connectivity index (χ2v) is 4.79. The predicted molar refractivity (Wildman–Crippen MR) is 77.5 cm³/mol. The molecule has 2 rings (SSSR count). The molecule has 0 bridgehead atoms. The van der Waals surface area contributed by atoms with Crippen LogP contribution in [0.25, 0.3) is 0 Å². The lowest BCUT2D eigenvalue weighted by molar-refractivity contribution is -0.384. The van der Waals surface area contributed by atoms with Crippen molar-refractivity contribution in [1.82, 2.24) is 0 Å². The Labute approximate surface area is 128 Å². The van der Waals surface area contributed by atoms with Crippen molar-refractivity contribution in [3.05, 3.63) is 67.9 Å². The van der Waals surface area contributed by atoms with Crippen LogP contribution in [0.1, 0.15) is 10.4 Å². The summed E-state index contributed by atoms with van der Waals surface area (Å²) >= 11 is 11.4. The topological polar surface area (TPSA) is 72.2 Å². The minimum atomic E-state index is -0.734. The second kappa shape index (κ2) is 6.07. The van der Waals surface area contributed by atoms with Crippen LogP contribution in [0, 0.1) is 15.9 Å². The van der Waals surface area contributed by atoms with Gasteiger partial charge >= 0.3 is 0 Å². The Morgan fingerprint density at radius 2 is 1.90 bits per heavy atom. The number of rotatable bonds is 3. The first-order valence-electron chi connectivity index (χ1n) is 5.59. The van der Waals surface area contributed by atoms with E-state index in [9.17, 15) is 19.3 Å². The number of amides is 1. The van der Waals surface area contributed by atoms with Crippen molar-refractivity contribution in [2.75, 3.05) is 5.32 Å². The zero-order chi connectivity index (χ0) is 15.6. The van der Waals surface area contributed by atoms with E-state index >= 15 is 0 Å². The molecule has 1 amide bonds. The van der Waals surface area contributed by atoms with Crippen molar-refractivity contribution in [1.29, 1.82) is 0 Å². The quantitative estimate of drug-likeness (QED) is 0.674. The fraction of sp³-hybridized carbons (Fsp3) is 0. The van der Waals surface area contributed by atoms with Gasteiger partial charge in [-0.15, -0.1) is 0 Å². The fourth-order valence-electron chi connectivity index (χ4n) is 1.60. The number of carbonyl (C=O) groups is 1. The summed E-state index contributed by atoms with van der Waals surface area (Å²) in [6.07, 6.45) is 0. The van der Waals surface area contributed by atoms with Gasteiger partial charge < -0.3 is 5.32 Å². The van der Waals surface area contributed by atoms with Gasteiger partial charge in [0.1, 0.15) is 10.8 Å². The molecule has 0 spiro atoms. The molecule has 21 heavy (non-hydrogen) atoms. The average molecular weight is 329 g/mol. The van der Waals surface area contributed by atoms with Crippen molar-refractivity contribution in [2.45, 2.75) is 0 Å². The van der Waals surface area contributed by atoms with Gasteiger partial charge in [-0.1, -0.05) is 29.3 Å². The van der Waals surface area contributed by atoms with Crippen LogP contribution in [0.15, 0.2) is 36.4 Å². The van der Waals surface area contributed by atoms with Crippen LogP contribution in [-0.4, -0.2) is 10.8 Å². The number of hydrogen-bond acceptors (Lipinski definition) is 3. The lowest BCUT2D eigenvalue weighted by atomic mass is 10.2. The summed E-state index contributed by atoms with van der Waals surface area (Å²) in [5.41, 5.74) is -0.642. The highest BCUT2D eigenvalue weighted by atomic mass is 35.5. The highest BCUT2D eigenvalue weighted by Crippen LogP contribution is 2.28. The number of nitrogens with zero attached hydrogens (tertiary/aromatic N) is 1. The van der Waals surface area contributed by atoms with Crippen molar-refractivity contribution < 1.29 is 14.1 Å². The molecule has 0 radical (unpaired) electrons. The standard InChI is InChI=1S/C13H7Cl2FN2O3/c14-8-5-4-7(6-11(8)18(20)21)13(19)17-12-9(15)2-1-3-10(12)16/h1-6H,(H,17,19). The summed E-state index contributed by atoms with van der Waals surface area (Å²) < 4.78 is 13.6. The van der Waals surface area contributed by atoms with Gasteiger partial charge in [0, 0.05) is 11.6 Å². The maximum absolute atomic E-state index is 13.6. The summed E-state index contributed by atoms with van der Waals surface area (Å²) in [7, 11) is 0. The number of halogens is 3. The minimum Gasteiger partial charge on any atom is -0.318 e. The van der Waals surface area contributed by atoms with Crippen LogP contribution in [0.3, 0.4) is 0 Å². The molecular weight excluding hydrogens is 322 g/mol. The number of hydrogen-bond donors (Lipinski definition) is 1. The third kappa shape index (κ3) is 3.29. The third-order valence-corrected chi connectivity index (χ3v) is 3.24. The molecule has 0 aromatic heterocycles. The van der Waals surface area contributed by atoms with E-state index in [1.807, 2.05) is 0 Å². The molecule has 2 aromatic rings. The van der Waals surface area contributed by atoms with Crippen LogP contribution >= 0.6 is 23.2 Å². The smallest absolute Gasteiger partial charge is 0.288 e. The average Bonchev–Trinajstić information content (AvgIpc) is 2.43. The molecule has 0 aliphatic heterocycles. The molecule has 0 saturated heterocycles. The monoisotopic (exact) mass is 328 g/mol. The van der Waals surface area contributed by atoms with Crippen molar-refractivity contribution in [2.24, 2.45) is 0 Å². The molecule has 0 aliphatic carbocycles. The van der Waals surface area contributed by atoms with E-state index in [1.54, 1.807) is 0 Å². The van der Waals surface area contributed by atoms with Crippen LogP contribution in [0.5, 0.6) is 0 Å². The van der Waals surface area contributed by atoms with Crippen LogP contribution in [0.4, 0.5) is 15.8 Å². The van der Waals surface area contributed by atoms with Gasteiger partial charge in [0.05, 0.1) is 15.6 Å². The number of anilines is 1. The van der Waals surface area contributed by atoms with E-state index in [4.69, 9.17) is 23.2 Å². The number of nitro benzene ring substituents is 1. The molecule has 0 unspecified atom stereocenters. The van der Waals surface area contributed by atoms with Gasteiger partial charge in [0.25, 0.3) is 11.6 Å². The number of carbonyl (C=O) groups excluding carboxylic acids is 1. The highest BCUT2D eigenvalue weighted by molar-refractivity contribution is 6.34. The van der Waals surface area contributed by atoms with Gasteiger partial charge in [-0.2, -0.15) is 0 Å². The summed E-state index contributed by atoms with van der Waals surface area (Å²) in [4.78, 5) is 22.1. The first-order valence-corrected chi connectivity index (χ1v) is 6.35. The summed E-state index contributed by atoms with van der Waals surface area (Å²) in [6.45, 7) is 0. The molecule has 0 aliphatic rings. The second-order valence-electron chi connectivity index (χ2n) is 3.97. The summed E-state index contributed by atoms with van der Waals surface area (Å²) in [5.74, 6) is -1.44. The third-order valence-electron chi connectivity index (χ3n) is 2.61. The normalized spacial score (nSPS) is 10.2. The number of nitrogens with one attached hydrogen (secondary N) is 1. The Kier molecular flexibility index (Phi) is 4.40. The molecule has 0 saturated carbocycles. The van der Waals surface area contributed by atoms with Crippen LogP contribution < -0.4 is 5.32 Å². The SMILES string of the molecule is O=C(Nc1c(F)cccc1Cl)c1ccc(Cl)c([N+](=O)[O-])c1. The zero-order valence-electron chi connectivity index (χ0n) is 10.3. The van der Waals surface area contributed by atoms with E-state index < -0.39 is 22.3 Å². The van der Waals surface area contributed by atoms with E-state index in [0.717, 1.165) is 12.1 Å². The van der Waals surface area contributed by atoms with Crippen LogP contribution in [-0.2, 0) is 0 Å². The Morgan fingerprint density at radius 3 is 2.52 bits per heavy atom. The molecule has 0 fully saturated rings. The highest BCUT2D eigenvalue weighted by Gasteiger charge is 2.18. The number of benzene rings is 2. The van der Waals surface area contributed by atoms with Gasteiger partial charge in [0.15, 0.2) is 0 Å². The fourth-order valence-corrected chi connectivity index (χ4v) is 1.99. The van der Waals surface area contributed by atoms with Gasteiger partial charge in [-0.05, 0) is 24.3 Å². The molecule has 0 atom stereocenters. The minimum absolute atomic E-state index is 0.0202. The van der Waals surface area contributed by atoms with Gasteiger partial charge in [-0.3, -0.25) is 14.9 Å². The predicted octanol–water partition coefficient (Wildman–Crippen LogP) is 4.29. The number of nitro groups is 1. The molecule has 0 heterocycles. The molecule has 1 N–H and O–H groups in total. The summed E-state index contributed by atoms with van der Waals surface area (Å²) in [6, 6.07) is 7.44. The van der Waals surface area contributed by atoms with E-state index in [-0.39, 0.29) is 21.3 Å². The van der Waals surface area contributed by atoms with Gasteiger partial charge in [-0.25, -0.2) is 4.39 Å². The summed E-state index contributed by atoms with van der Waals surface area (Å²) in [5, 5.41) is 13.0. The molecule has 2 aromatic carbocycles. The molecular formula is C13H7Cl2FN2O3. The van der Waals surface area contributed by atoms with Crippen molar-refractivity contribution in [3.8, 4) is 0 Å². The Balaban J connectivity index is 2.33. The maximum Gasteiger partial charge on any atom is 0.288 e. The Morgan fingerprint density at radius 1 is 1.19 bits per heavy atom. The maximum atomic E-state index is 13.6. The Bertz CT molecular complexity index is 717. The van der Waals surface area contributed by atoms with E-state index in [2.05, 4.69) is 5.32 Å². The molecule has 5 nitrogen and oxygen atoms in total. The van der Waals surface area contributed by atoms with Crippen molar-refractivity contribution in [3.63, 3.8) is 0 Å². The first-order chi connectivity index (χ1) is 9.90. The largest absolute Gasteiger partial charge is 0.318 e. The lowest BCUT2D eigenvalue weighted by Gasteiger charge is -2.08. The zero-order valence-corrected chi connectivity index (χ0v) is 11.8.